The number of anilines is 1. The zero-order chi connectivity index (χ0) is 15.1. The minimum Gasteiger partial charge on any atom is -0.497 e. The molecule has 0 unspecified atom stereocenters. The highest BCUT2D eigenvalue weighted by molar-refractivity contribution is 6.04. The summed E-state index contributed by atoms with van der Waals surface area (Å²) < 4.78 is 10.4. The lowest BCUT2D eigenvalue weighted by atomic mass is 10.1. The van der Waals surface area contributed by atoms with E-state index in [4.69, 9.17) is 9.47 Å². The van der Waals surface area contributed by atoms with Crippen LogP contribution in [-0.4, -0.2) is 20.0 Å². The highest BCUT2D eigenvalue weighted by Gasteiger charge is 2.01. The van der Waals surface area contributed by atoms with E-state index < -0.39 is 0 Å². The average molecular weight is 283 g/mol. The third-order valence-electron chi connectivity index (χ3n) is 2.89. The van der Waals surface area contributed by atoms with E-state index in [9.17, 15) is 4.79 Å². The second kappa shape index (κ2) is 7.14. The lowest BCUT2D eigenvalue weighted by molar-refractivity contribution is 0.104. The summed E-state index contributed by atoms with van der Waals surface area (Å²) in [6, 6.07) is 14.5. The summed E-state index contributed by atoms with van der Waals surface area (Å²) in [4.78, 5) is 11.9. The lowest BCUT2D eigenvalue weighted by Gasteiger charge is -2.08. The molecule has 0 aromatic heterocycles. The zero-order valence-corrected chi connectivity index (χ0v) is 12.0. The van der Waals surface area contributed by atoms with Gasteiger partial charge in [0.2, 0.25) is 0 Å². The van der Waals surface area contributed by atoms with Crippen LogP contribution < -0.4 is 14.8 Å². The molecule has 4 nitrogen and oxygen atoms in total. The summed E-state index contributed by atoms with van der Waals surface area (Å²) in [7, 11) is 3.18. The molecule has 0 amide bonds. The van der Waals surface area contributed by atoms with Crippen molar-refractivity contribution in [3.63, 3.8) is 0 Å². The highest BCUT2D eigenvalue weighted by Crippen LogP contribution is 2.25. The number of ether oxygens (including phenoxy) is 2. The second-order valence-corrected chi connectivity index (χ2v) is 4.31. The first-order chi connectivity index (χ1) is 10.2. The fourth-order valence-electron chi connectivity index (χ4n) is 1.80. The molecule has 0 atom stereocenters. The zero-order valence-electron chi connectivity index (χ0n) is 12.0. The molecule has 2 rings (SSSR count). The van der Waals surface area contributed by atoms with Crippen LogP contribution >= 0.6 is 0 Å². The van der Waals surface area contributed by atoms with Crippen LogP contribution in [0.15, 0.2) is 60.8 Å². The Balaban J connectivity index is 2.05. The van der Waals surface area contributed by atoms with E-state index in [1.165, 1.54) is 6.08 Å². The molecule has 2 aromatic rings. The molecule has 108 valence electrons. The smallest absolute Gasteiger partial charge is 0.187 e. The van der Waals surface area contributed by atoms with Crippen molar-refractivity contribution < 1.29 is 14.3 Å². The van der Waals surface area contributed by atoms with Crippen LogP contribution in [0.4, 0.5) is 5.69 Å². The first-order valence-electron chi connectivity index (χ1n) is 6.48. The van der Waals surface area contributed by atoms with Crippen molar-refractivity contribution in [1.82, 2.24) is 0 Å². The Hall–Kier alpha value is -2.75. The second-order valence-electron chi connectivity index (χ2n) is 4.31. The first-order valence-corrected chi connectivity index (χ1v) is 6.48. The van der Waals surface area contributed by atoms with Crippen LogP contribution in [0.3, 0.4) is 0 Å². The third kappa shape index (κ3) is 4.11. The van der Waals surface area contributed by atoms with Crippen LogP contribution in [0, 0.1) is 0 Å². The molecule has 0 radical (unpaired) electrons. The molecule has 0 bridgehead atoms. The molecular formula is C17H17NO3. The minimum absolute atomic E-state index is 0.0574. The summed E-state index contributed by atoms with van der Waals surface area (Å²) in [5.41, 5.74) is 1.43. The summed E-state index contributed by atoms with van der Waals surface area (Å²) in [6.45, 7) is 0. The van der Waals surface area contributed by atoms with Crippen LogP contribution in [-0.2, 0) is 0 Å². The molecule has 4 heteroatoms. The maximum atomic E-state index is 11.9. The van der Waals surface area contributed by atoms with Gasteiger partial charge in [0, 0.05) is 41.7 Å². The van der Waals surface area contributed by atoms with Gasteiger partial charge in [-0.05, 0) is 0 Å². The molecular weight excluding hydrogens is 266 g/mol. The van der Waals surface area contributed by atoms with Crippen molar-refractivity contribution in [2.24, 2.45) is 0 Å². The molecule has 0 saturated heterocycles. The van der Waals surface area contributed by atoms with E-state index in [0.717, 1.165) is 5.69 Å². The third-order valence-corrected chi connectivity index (χ3v) is 2.89. The summed E-state index contributed by atoms with van der Waals surface area (Å²) >= 11 is 0. The number of carbonyl (C=O) groups excluding carboxylic acids is 1. The fraction of sp³-hybridized carbons (Fsp3) is 0.118. The van der Waals surface area contributed by atoms with Crippen molar-refractivity contribution in [3.05, 3.63) is 66.4 Å². The molecule has 0 heterocycles. The van der Waals surface area contributed by atoms with Gasteiger partial charge in [-0.1, -0.05) is 30.3 Å². The Morgan fingerprint density at radius 3 is 2.19 bits per heavy atom. The number of rotatable bonds is 6. The quantitative estimate of drug-likeness (QED) is 0.651. The maximum absolute atomic E-state index is 11.9. The number of allylic oxidation sites excluding steroid dienone is 1. The number of hydrogen-bond acceptors (Lipinski definition) is 4. The fourth-order valence-corrected chi connectivity index (χ4v) is 1.80. The SMILES string of the molecule is COc1cc(N/C=C\C(=O)c2ccccc2)cc(OC)c1. The van der Waals surface area contributed by atoms with Gasteiger partial charge in [0.25, 0.3) is 0 Å². The summed E-state index contributed by atoms with van der Waals surface area (Å²) in [5.74, 6) is 1.30. The van der Waals surface area contributed by atoms with E-state index in [1.54, 1.807) is 38.6 Å². The molecule has 0 fully saturated rings. The number of ketones is 1. The van der Waals surface area contributed by atoms with Crippen molar-refractivity contribution in [1.29, 1.82) is 0 Å². The van der Waals surface area contributed by atoms with Gasteiger partial charge in [0.1, 0.15) is 11.5 Å². The van der Waals surface area contributed by atoms with Crippen LogP contribution in [0.1, 0.15) is 10.4 Å². The Morgan fingerprint density at radius 1 is 1.00 bits per heavy atom. The monoisotopic (exact) mass is 283 g/mol. The molecule has 2 aromatic carbocycles. The van der Waals surface area contributed by atoms with Gasteiger partial charge < -0.3 is 14.8 Å². The molecule has 0 saturated carbocycles. The lowest BCUT2D eigenvalue weighted by Crippen LogP contribution is -1.96. The van der Waals surface area contributed by atoms with Crippen molar-refractivity contribution in [2.75, 3.05) is 19.5 Å². The van der Waals surface area contributed by atoms with Gasteiger partial charge in [0.15, 0.2) is 5.78 Å². The number of benzene rings is 2. The Bertz CT molecular complexity index is 613. The van der Waals surface area contributed by atoms with E-state index in [0.29, 0.717) is 17.1 Å². The molecule has 0 aliphatic carbocycles. The van der Waals surface area contributed by atoms with E-state index >= 15 is 0 Å². The standard InChI is InChI=1S/C17H17NO3/c1-20-15-10-14(11-16(12-15)21-2)18-9-8-17(19)13-6-4-3-5-7-13/h3-12,18H,1-2H3/b9-8-. The summed E-state index contributed by atoms with van der Waals surface area (Å²) in [5, 5.41) is 3.03. The van der Waals surface area contributed by atoms with Crippen LogP contribution in [0.25, 0.3) is 0 Å². The Kier molecular flexibility index (Phi) is 4.99. The van der Waals surface area contributed by atoms with E-state index in [-0.39, 0.29) is 5.78 Å². The predicted molar refractivity (Wildman–Crippen MR) is 83.1 cm³/mol. The first kappa shape index (κ1) is 14.7. The molecule has 21 heavy (non-hydrogen) atoms. The van der Waals surface area contributed by atoms with Gasteiger partial charge in [-0.25, -0.2) is 0 Å². The highest BCUT2D eigenvalue weighted by atomic mass is 16.5. The topological polar surface area (TPSA) is 47.6 Å². The maximum Gasteiger partial charge on any atom is 0.187 e. The normalized spacial score (nSPS) is 10.4. The van der Waals surface area contributed by atoms with Gasteiger partial charge in [-0.3, -0.25) is 4.79 Å². The van der Waals surface area contributed by atoms with E-state index in [1.807, 2.05) is 30.3 Å². The average Bonchev–Trinajstić information content (AvgIpc) is 2.55. The molecule has 0 spiro atoms. The van der Waals surface area contributed by atoms with Crippen molar-refractivity contribution >= 4 is 11.5 Å². The van der Waals surface area contributed by atoms with Gasteiger partial charge in [-0.15, -0.1) is 0 Å². The molecule has 1 N–H and O–H groups in total. The van der Waals surface area contributed by atoms with Crippen LogP contribution in [0.2, 0.25) is 0 Å². The minimum atomic E-state index is -0.0574. The number of nitrogens with one attached hydrogen (secondary N) is 1. The number of carbonyl (C=O) groups is 1. The van der Waals surface area contributed by atoms with Gasteiger partial charge in [0.05, 0.1) is 14.2 Å². The van der Waals surface area contributed by atoms with Gasteiger partial charge in [-0.2, -0.15) is 0 Å². The molecule has 0 aliphatic heterocycles. The van der Waals surface area contributed by atoms with Crippen LogP contribution in [0.5, 0.6) is 11.5 Å². The molecule has 0 aliphatic rings. The van der Waals surface area contributed by atoms with Crippen molar-refractivity contribution in [2.45, 2.75) is 0 Å². The Morgan fingerprint density at radius 2 is 1.62 bits per heavy atom. The largest absolute Gasteiger partial charge is 0.497 e. The Labute approximate surface area is 124 Å². The summed E-state index contributed by atoms with van der Waals surface area (Å²) in [6.07, 6.45) is 3.09. The van der Waals surface area contributed by atoms with E-state index in [2.05, 4.69) is 5.32 Å². The van der Waals surface area contributed by atoms with Gasteiger partial charge >= 0.3 is 0 Å². The van der Waals surface area contributed by atoms with Crippen molar-refractivity contribution in [3.8, 4) is 11.5 Å². The predicted octanol–water partition coefficient (Wildman–Crippen LogP) is 3.51. The number of hydrogen-bond donors (Lipinski definition) is 1. The number of methoxy groups -OCH3 is 2.